The molecular formula is C26H16N4. The molecule has 6 aromatic rings. The summed E-state index contributed by atoms with van der Waals surface area (Å²) in [5.74, 6) is 0. The minimum atomic E-state index is 0.885. The summed E-state index contributed by atoms with van der Waals surface area (Å²) in [5, 5.41) is 2.29. The minimum Gasteiger partial charge on any atom is -0.265 e. The maximum Gasteiger partial charge on any atom is 0.0985 e. The molecule has 3 aromatic carbocycles. The second-order valence-electron chi connectivity index (χ2n) is 7.18. The fraction of sp³-hybridized carbons (Fsp3) is 0. The highest BCUT2D eigenvalue weighted by atomic mass is 14.8. The van der Waals surface area contributed by atoms with Crippen molar-refractivity contribution in [3.8, 4) is 22.3 Å². The summed E-state index contributed by atoms with van der Waals surface area (Å²) in [6.45, 7) is 0. The van der Waals surface area contributed by atoms with Gasteiger partial charge >= 0.3 is 0 Å². The van der Waals surface area contributed by atoms with Gasteiger partial charge < -0.3 is 0 Å². The summed E-state index contributed by atoms with van der Waals surface area (Å²) in [7, 11) is 0. The highest BCUT2D eigenvalue weighted by molar-refractivity contribution is 6.19. The average molecular weight is 384 g/mol. The normalized spacial score (nSPS) is 11.3. The van der Waals surface area contributed by atoms with E-state index in [2.05, 4.69) is 34.2 Å². The Bertz CT molecular complexity index is 1410. The van der Waals surface area contributed by atoms with Gasteiger partial charge in [0.2, 0.25) is 0 Å². The number of rotatable bonds is 2. The quantitative estimate of drug-likeness (QED) is 0.341. The van der Waals surface area contributed by atoms with E-state index in [1.165, 1.54) is 0 Å². The van der Waals surface area contributed by atoms with Gasteiger partial charge in [0.15, 0.2) is 0 Å². The molecule has 3 aromatic heterocycles. The molecule has 4 heteroatoms. The number of hydrogen-bond donors (Lipinski definition) is 0. The van der Waals surface area contributed by atoms with Crippen molar-refractivity contribution in [2.45, 2.75) is 0 Å². The molecule has 4 nitrogen and oxygen atoms in total. The molecule has 0 radical (unpaired) electrons. The van der Waals surface area contributed by atoms with E-state index in [4.69, 9.17) is 9.97 Å². The number of nitrogens with zero attached hydrogens (tertiary/aromatic N) is 4. The summed E-state index contributed by atoms with van der Waals surface area (Å²) < 4.78 is 0. The van der Waals surface area contributed by atoms with Crippen molar-refractivity contribution >= 4 is 32.8 Å². The zero-order valence-corrected chi connectivity index (χ0v) is 16.0. The van der Waals surface area contributed by atoms with Crippen LogP contribution in [0.2, 0.25) is 0 Å². The van der Waals surface area contributed by atoms with Crippen molar-refractivity contribution in [3.05, 3.63) is 97.6 Å². The van der Waals surface area contributed by atoms with Gasteiger partial charge in [0.1, 0.15) is 0 Å². The third kappa shape index (κ3) is 2.54. The van der Waals surface area contributed by atoms with Gasteiger partial charge in [-0.3, -0.25) is 9.97 Å². The summed E-state index contributed by atoms with van der Waals surface area (Å²) in [6, 6.07) is 24.6. The first kappa shape index (κ1) is 16.7. The Kier molecular flexibility index (Phi) is 3.74. The van der Waals surface area contributed by atoms with E-state index in [0.29, 0.717) is 0 Å². The van der Waals surface area contributed by atoms with Crippen LogP contribution >= 0.6 is 0 Å². The minimum absolute atomic E-state index is 0.885. The van der Waals surface area contributed by atoms with Crippen LogP contribution in [-0.2, 0) is 0 Å². The van der Waals surface area contributed by atoms with Gasteiger partial charge in [-0.05, 0) is 58.3 Å². The lowest BCUT2D eigenvalue weighted by Gasteiger charge is -2.16. The maximum absolute atomic E-state index is 5.09. The van der Waals surface area contributed by atoms with Crippen LogP contribution in [0.3, 0.4) is 0 Å². The van der Waals surface area contributed by atoms with Crippen LogP contribution in [0.15, 0.2) is 97.6 Å². The largest absolute Gasteiger partial charge is 0.265 e. The molecule has 0 aliphatic rings. The Morgan fingerprint density at radius 2 is 0.833 bits per heavy atom. The van der Waals surface area contributed by atoms with Crippen LogP contribution < -0.4 is 0 Å². The number of fused-ring (bicyclic) bond motifs is 3. The molecule has 3 heterocycles. The molecule has 6 rings (SSSR count). The van der Waals surface area contributed by atoms with E-state index < -0.39 is 0 Å². The number of benzene rings is 3. The predicted octanol–water partition coefficient (Wildman–Crippen LogP) is 6.06. The summed E-state index contributed by atoms with van der Waals surface area (Å²) in [6.07, 6.45) is 7.28. The molecule has 0 aliphatic heterocycles. The smallest absolute Gasteiger partial charge is 0.0985 e. The van der Waals surface area contributed by atoms with Crippen molar-refractivity contribution in [2.75, 3.05) is 0 Å². The SMILES string of the molecule is c1ccc2nc3c(-c4ccncc4)c4ccccc4c(-c4ccncc4)c3nc2c1. The molecule has 0 N–H and O–H groups in total. The molecule has 0 saturated heterocycles. The molecule has 0 amide bonds. The van der Waals surface area contributed by atoms with Crippen LogP contribution in [0.25, 0.3) is 55.1 Å². The van der Waals surface area contributed by atoms with Gasteiger partial charge in [0.25, 0.3) is 0 Å². The standard InChI is InChI=1S/C26H16N4/c1-2-6-20-19(5-1)23(17-9-13-27-14-10-17)25-26(24(20)18-11-15-28-16-12-18)30-22-8-4-3-7-21(22)29-25/h1-16H. The Hall–Kier alpha value is -4.18. The van der Waals surface area contributed by atoms with E-state index in [9.17, 15) is 0 Å². The number of para-hydroxylation sites is 2. The average Bonchev–Trinajstić information content (AvgIpc) is 2.82. The first-order valence-electron chi connectivity index (χ1n) is 9.82. The van der Waals surface area contributed by atoms with Crippen molar-refractivity contribution in [3.63, 3.8) is 0 Å². The fourth-order valence-electron chi connectivity index (χ4n) is 4.14. The molecule has 0 aliphatic carbocycles. The highest BCUT2D eigenvalue weighted by Gasteiger charge is 2.19. The van der Waals surface area contributed by atoms with Crippen LogP contribution in [0.1, 0.15) is 0 Å². The van der Waals surface area contributed by atoms with Crippen LogP contribution in [0.4, 0.5) is 0 Å². The number of hydrogen-bond acceptors (Lipinski definition) is 4. The molecule has 0 atom stereocenters. The third-order valence-corrected chi connectivity index (χ3v) is 5.45. The molecule has 0 bridgehead atoms. The summed E-state index contributed by atoms with van der Waals surface area (Å²) in [4.78, 5) is 18.6. The number of pyridine rings is 2. The Morgan fingerprint density at radius 3 is 1.27 bits per heavy atom. The van der Waals surface area contributed by atoms with Gasteiger partial charge in [-0.1, -0.05) is 36.4 Å². The van der Waals surface area contributed by atoms with Crippen molar-refractivity contribution in [1.29, 1.82) is 0 Å². The van der Waals surface area contributed by atoms with Gasteiger partial charge in [-0.25, -0.2) is 9.97 Å². The summed E-state index contributed by atoms with van der Waals surface area (Å²) >= 11 is 0. The van der Waals surface area contributed by atoms with Gasteiger partial charge in [0, 0.05) is 35.9 Å². The second-order valence-corrected chi connectivity index (χ2v) is 7.18. The van der Waals surface area contributed by atoms with E-state index in [1.54, 1.807) is 0 Å². The maximum atomic E-state index is 5.09. The monoisotopic (exact) mass is 384 g/mol. The topological polar surface area (TPSA) is 51.6 Å². The molecule has 140 valence electrons. The van der Waals surface area contributed by atoms with E-state index >= 15 is 0 Å². The lowest BCUT2D eigenvalue weighted by Crippen LogP contribution is -1.96. The van der Waals surface area contributed by atoms with Crippen molar-refractivity contribution in [1.82, 2.24) is 19.9 Å². The van der Waals surface area contributed by atoms with Gasteiger partial charge in [0.05, 0.1) is 22.1 Å². The Labute approximate surface area is 172 Å². The molecule has 30 heavy (non-hydrogen) atoms. The second kappa shape index (κ2) is 6.71. The predicted molar refractivity (Wildman–Crippen MR) is 121 cm³/mol. The molecular weight excluding hydrogens is 368 g/mol. The lowest BCUT2D eigenvalue weighted by molar-refractivity contribution is 1.33. The van der Waals surface area contributed by atoms with Gasteiger partial charge in [-0.2, -0.15) is 0 Å². The number of aromatic nitrogens is 4. The van der Waals surface area contributed by atoms with E-state index in [-0.39, 0.29) is 0 Å². The van der Waals surface area contributed by atoms with Crippen LogP contribution in [0.5, 0.6) is 0 Å². The molecule has 0 unspecified atom stereocenters. The molecule has 0 saturated carbocycles. The van der Waals surface area contributed by atoms with Crippen LogP contribution in [-0.4, -0.2) is 19.9 Å². The van der Waals surface area contributed by atoms with Gasteiger partial charge in [-0.15, -0.1) is 0 Å². The zero-order valence-electron chi connectivity index (χ0n) is 16.0. The fourth-order valence-corrected chi connectivity index (χ4v) is 4.14. The van der Waals surface area contributed by atoms with E-state index in [0.717, 1.165) is 55.1 Å². The lowest BCUT2D eigenvalue weighted by atomic mass is 9.90. The first-order valence-corrected chi connectivity index (χ1v) is 9.82. The first-order chi connectivity index (χ1) is 14.9. The highest BCUT2D eigenvalue weighted by Crippen LogP contribution is 2.42. The van der Waals surface area contributed by atoms with Crippen molar-refractivity contribution < 1.29 is 0 Å². The van der Waals surface area contributed by atoms with Crippen molar-refractivity contribution in [2.24, 2.45) is 0 Å². The Balaban J connectivity index is 1.90. The van der Waals surface area contributed by atoms with E-state index in [1.807, 2.05) is 73.3 Å². The van der Waals surface area contributed by atoms with Crippen LogP contribution in [0, 0.1) is 0 Å². The molecule has 0 spiro atoms. The molecule has 0 fully saturated rings. The third-order valence-electron chi connectivity index (χ3n) is 5.45. The summed E-state index contributed by atoms with van der Waals surface area (Å²) in [5.41, 5.74) is 7.88. The zero-order chi connectivity index (χ0) is 19.9. The Morgan fingerprint density at radius 1 is 0.433 bits per heavy atom.